The Labute approximate surface area is 94.8 Å². The van der Waals surface area contributed by atoms with Gasteiger partial charge >= 0.3 is 0 Å². The van der Waals surface area contributed by atoms with Crippen molar-refractivity contribution in [2.45, 2.75) is 12.5 Å². The van der Waals surface area contributed by atoms with Crippen LogP contribution in [0.15, 0.2) is 36.7 Å². The van der Waals surface area contributed by atoms with Crippen LogP contribution in [0.2, 0.25) is 0 Å². The van der Waals surface area contributed by atoms with Gasteiger partial charge in [0.05, 0.1) is 17.8 Å². The van der Waals surface area contributed by atoms with E-state index in [-0.39, 0.29) is 17.9 Å². The molecule has 0 saturated carbocycles. The van der Waals surface area contributed by atoms with Gasteiger partial charge in [-0.15, -0.1) is 0 Å². The van der Waals surface area contributed by atoms with Crippen molar-refractivity contribution >= 4 is 11.6 Å². The molecule has 0 aliphatic heterocycles. The lowest BCUT2D eigenvalue weighted by Crippen LogP contribution is -2.32. The third kappa shape index (κ3) is 2.12. The Bertz CT molecular complexity index is 402. The molecule has 1 aromatic rings. The summed E-state index contributed by atoms with van der Waals surface area (Å²) in [5.41, 5.74) is 6.54. The highest BCUT2D eigenvalue weighted by Crippen LogP contribution is 2.21. The number of nitrogens with zero attached hydrogens (tertiary/aromatic N) is 2. The van der Waals surface area contributed by atoms with Crippen molar-refractivity contribution in [1.29, 1.82) is 0 Å². The quantitative estimate of drug-likeness (QED) is 0.750. The van der Waals surface area contributed by atoms with Crippen LogP contribution in [0.3, 0.4) is 0 Å². The summed E-state index contributed by atoms with van der Waals surface area (Å²) in [6.45, 7) is 0. The van der Waals surface area contributed by atoms with Crippen molar-refractivity contribution < 1.29 is 4.79 Å². The summed E-state index contributed by atoms with van der Waals surface area (Å²) in [6, 6.07) is 3.69. The standard InChI is InChI=1S/C12H15N3O/c1-15(11-3-2-6-14-8-11)12(16)9-4-5-10(13)7-9/h2-6,8-10H,7,13H2,1H3. The molecule has 1 aliphatic rings. The first-order chi connectivity index (χ1) is 7.68. The zero-order chi connectivity index (χ0) is 11.5. The van der Waals surface area contributed by atoms with Crippen molar-refractivity contribution in [3.05, 3.63) is 36.7 Å². The van der Waals surface area contributed by atoms with Crippen LogP contribution >= 0.6 is 0 Å². The fraction of sp³-hybridized carbons (Fsp3) is 0.333. The van der Waals surface area contributed by atoms with Gasteiger partial charge in [0.15, 0.2) is 0 Å². The Morgan fingerprint density at radius 1 is 1.56 bits per heavy atom. The second-order valence-electron chi connectivity index (χ2n) is 4.00. The highest BCUT2D eigenvalue weighted by molar-refractivity contribution is 5.95. The number of hydrogen-bond donors (Lipinski definition) is 1. The Morgan fingerprint density at radius 2 is 2.38 bits per heavy atom. The Balaban J connectivity index is 2.08. The Morgan fingerprint density at radius 3 is 2.94 bits per heavy atom. The molecule has 1 heterocycles. The molecule has 1 aromatic heterocycles. The van der Waals surface area contributed by atoms with Gasteiger partial charge in [-0.3, -0.25) is 9.78 Å². The molecule has 16 heavy (non-hydrogen) atoms. The smallest absolute Gasteiger partial charge is 0.233 e. The predicted molar refractivity (Wildman–Crippen MR) is 62.9 cm³/mol. The van der Waals surface area contributed by atoms with Crippen LogP contribution in [-0.4, -0.2) is 24.0 Å². The van der Waals surface area contributed by atoms with Crippen molar-refractivity contribution in [2.75, 3.05) is 11.9 Å². The maximum Gasteiger partial charge on any atom is 0.233 e. The number of hydrogen-bond acceptors (Lipinski definition) is 3. The number of nitrogens with two attached hydrogens (primary N) is 1. The molecule has 1 amide bonds. The summed E-state index contributed by atoms with van der Waals surface area (Å²) in [4.78, 5) is 17.7. The second-order valence-corrected chi connectivity index (χ2v) is 4.00. The SMILES string of the molecule is CN(C(=O)C1C=CC(N)C1)c1cccnc1. The molecule has 2 atom stereocenters. The number of anilines is 1. The van der Waals surface area contributed by atoms with Gasteiger partial charge in [-0.05, 0) is 18.6 Å². The number of aromatic nitrogens is 1. The van der Waals surface area contributed by atoms with E-state index < -0.39 is 0 Å². The summed E-state index contributed by atoms with van der Waals surface area (Å²) < 4.78 is 0. The van der Waals surface area contributed by atoms with E-state index in [9.17, 15) is 4.79 Å². The fourth-order valence-corrected chi connectivity index (χ4v) is 1.84. The van der Waals surface area contributed by atoms with Gasteiger partial charge in [-0.1, -0.05) is 12.2 Å². The summed E-state index contributed by atoms with van der Waals surface area (Å²) >= 11 is 0. The van der Waals surface area contributed by atoms with E-state index in [4.69, 9.17) is 5.73 Å². The minimum Gasteiger partial charge on any atom is -0.324 e. The zero-order valence-electron chi connectivity index (χ0n) is 9.21. The van der Waals surface area contributed by atoms with Gasteiger partial charge in [0.1, 0.15) is 0 Å². The monoisotopic (exact) mass is 217 g/mol. The maximum absolute atomic E-state index is 12.1. The van der Waals surface area contributed by atoms with Crippen molar-refractivity contribution in [1.82, 2.24) is 4.98 Å². The minimum absolute atomic E-state index is 0.0104. The first-order valence-corrected chi connectivity index (χ1v) is 5.30. The van der Waals surface area contributed by atoms with Crippen LogP contribution in [0.25, 0.3) is 0 Å². The third-order valence-corrected chi connectivity index (χ3v) is 2.80. The van der Waals surface area contributed by atoms with Crippen LogP contribution in [0, 0.1) is 5.92 Å². The highest BCUT2D eigenvalue weighted by atomic mass is 16.2. The van der Waals surface area contributed by atoms with Crippen LogP contribution < -0.4 is 10.6 Å². The molecule has 2 N–H and O–H groups in total. The molecular weight excluding hydrogens is 202 g/mol. The number of carbonyl (C=O) groups excluding carboxylic acids is 1. The van der Waals surface area contributed by atoms with E-state index >= 15 is 0 Å². The van der Waals surface area contributed by atoms with E-state index in [2.05, 4.69) is 4.98 Å². The molecule has 2 unspecified atom stereocenters. The first kappa shape index (κ1) is 10.8. The molecule has 0 saturated heterocycles. The van der Waals surface area contributed by atoms with Gasteiger partial charge < -0.3 is 10.6 Å². The topological polar surface area (TPSA) is 59.2 Å². The first-order valence-electron chi connectivity index (χ1n) is 5.30. The molecule has 84 valence electrons. The van der Waals surface area contributed by atoms with Gasteiger partial charge in [-0.25, -0.2) is 0 Å². The summed E-state index contributed by atoms with van der Waals surface area (Å²) in [5.74, 6) is -0.0302. The summed E-state index contributed by atoms with van der Waals surface area (Å²) in [7, 11) is 1.76. The zero-order valence-corrected chi connectivity index (χ0v) is 9.21. The molecule has 4 heteroatoms. The average molecular weight is 217 g/mol. The summed E-state index contributed by atoms with van der Waals surface area (Å²) in [5, 5.41) is 0. The van der Waals surface area contributed by atoms with Gasteiger partial charge in [0.25, 0.3) is 0 Å². The van der Waals surface area contributed by atoms with E-state index in [0.29, 0.717) is 6.42 Å². The molecule has 2 rings (SSSR count). The average Bonchev–Trinajstić information content (AvgIpc) is 2.75. The Kier molecular flexibility index (Phi) is 3.01. The normalized spacial score (nSPS) is 23.4. The maximum atomic E-state index is 12.1. The second kappa shape index (κ2) is 4.45. The van der Waals surface area contributed by atoms with E-state index in [1.54, 1.807) is 24.3 Å². The van der Waals surface area contributed by atoms with Gasteiger partial charge in [0.2, 0.25) is 5.91 Å². The lowest BCUT2D eigenvalue weighted by molar-refractivity contribution is -0.120. The predicted octanol–water partition coefficient (Wildman–Crippen LogP) is 0.948. The number of rotatable bonds is 2. The number of carbonyl (C=O) groups is 1. The highest BCUT2D eigenvalue weighted by Gasteiger charge is 2.25. The molecule has 1 aliphatic carbocycles. The fourth-order valence-electron chi connectivity index (χ4n) is 1.84. The van der Waals surface area contributed by atoms with E-state index in [1.165, 1.54) is 0 Å². The molecule has 0 radical (unpaired) electrons. The molecular formula is C12H15N3O. The molecule has 0 bridgehead atoms. The van der Waals surface area contributed by atoms with Gasteiger partial charge in [0, 0.05) is 19.3 Å². The van der Waals surface area contributed by atoms with Gasteiger partial charge in [-0.2, -0.15) is 0 Å². The Hall–Kier alpha value is -1.68. The minimum atomic E-state index is -0.0970. The van der Waals surface area contributed by atoms with Crippen molar-refractivity contribution in [2.24, 2.45) is 11.7 Å². The van der Waals surface area contributed by atoms with Crippen LogP contribution in [0.1, 0.15) is 6.42 Å². The molecule has 4 nitrogen and oxygen atoms in total. The molecule has 0 aromatic carbocycles. The van der Waals surface area contributed by atoms with E-state index in [1.807, 2.05) is 24.3 Å². The number of pyridine rings is 1. The lowest BCUT2D eigenvalue weighted by Gasteiger charge is -2.20. The third-order valence-electron chi connectivity index (χ3n) is 2.80. The largest absolute Gasteiger partial charge is 0.324 e. The van der Waals surface area contributed by atoms with Crippen LogP contribution in [-0.2, 0) is 4.79 Å². The van der Waals surface area contributed by atoms with Crippen molar-refractivity contribution in [3.8, 4) is 0 Å². The van der Waals surface area contributed by atoms with E-state index in [0.717, 1.165) is 5.69 Å². The molecule has 0 spiro atoms. The molecule has 0 fully saturated rings. The van der Waals surface area contributed by atoms with Crippen LogP contribution in [0.5, 0.6) is 0 Å². The lowest BCUT2D eigenvalue weighted by atomic mass is 10.1. The van der Waals surface area contributed by atoms with Crippen LogP contribution in [0.4, 0.5) is 5.69 Å². The number of amides is 1. The summed E-state index contributed by atoms with van der Waals surface area (Å²) in [6.07, 6.45) is 7.84. The van der Waals surface area contributed by atoms with Crippen molar-refractivity contribution in [3.63, 3.8) is 0 Å².